The van der Waals surface area contributed by atoms with Crippen LogP contribution in [0.4, 0.5) is 5.82 Å². The molecule has 1 saturated heterocycles. The number of anilines is 1. The summed E-state index contributed by atoms with van der Waals surface area (Å²) in [6.45, 7) is 1.97. The number of benzene rings is 1. The van der Waals surface area contributed by atoms with Gasteiger partial charge >= 0.3 is 11.7 Å². The van der Waals surface area contributed by atoms with Crippen molar-refractivity contribution in [2.45, 2.75) is 43.9 Å². The highest BCUT2D eigenvalue weighted by Gasteiger charge is 2.29. The molecule has 1 aromatic carbocycles. The number of aromatic nitrogens is 2. The van der Waals surface area contributed by atoms with Crippen LogP contribution in [0.1, 0.15) is 37.5 Å². The van der Waals surface area contributed by atoms with E-state index in [-0.39, 0.29) is 23.8 Å². The van der Waals surface area contributed by atoms with Crippen molar-refractivity contribution in [3.8, 4) is 0 Å². The first-order valence-electron chi connectivity index (χ1n) is 10.1. The van der Waals surface area contributed by atoms with Gasteiger partial charge in [0.1, 0.15) is 24.1 Å². The van der Waals surface area contributed by atoms with E-state index in [1.807, 2.05) is 18.2 Å². The smallest absolute Gasteiger partial charge is 0.351 e. The average Bonchev–Trinajstić information content (AvgIpc) is 3.21. The molecule has 3 rings (SSSR count). The molecule has 0 amide bonds. The molecule has 0 spiro atoms. The van der Waals surface area contributed by atoms with Crippen molar-refractivity contribution in [2.75, 3.05) is 24.6 Å². The number of esters is 1. The van der Waals surface area contributed by atoms with E-state index in [1.54, 1.807) is 12.3 Å². The van der Waals surface area contributed by atoms with Gasteiger partial charge in [-0.05, 0) is 31.0 Å². The fourth-order valence-corrected chi connectivity index (χ4v) is 4.07. The van der Waals surface area contributed by atoms with Crippen LogP contribution < -0.4 is 16.7 Å². The summed E-state index contributed by atoms with van der Waals surface area (Å²) >= 11 is 1.51. The maximum absolute atomic E-state index is 11.9. The van der Waals surface area contributed by atoms with Crippen LogP contribution in [-0.2, 0) is 20.8 Å². The molecule has 0 saturated carbocycles. The summed E-state index contributed by atoms with van der Waals surface area (Å²) in [4.78, 5) is 27.5. The summed E-state index contributed by atoms with van der Waals surface area (Å²) < 4.78 is 12.5. The van der Waals surface area contributed by atoms with Crippen molar-refractivity contribution in [3.05, 3.63) is 58.6 Å². The minimum atomic E-state index is -0.448. The van der Waals surface area contributed by atoms with E-state index in [0.29, 0.717) is 12.2 Å². The number of hydrogen-bond acceptors (Lipinski definition) is 8. The number of unbranched alkanes of at least 4 members (excludes halogenated alkanes) is 2. The Morgan fingerprint density at radius 2 is 2.10 bits per heavy atom. The first-order chi connectivity index (χ1) is 14.6. The lowest BCUT2D eigenvalue weighted by atomic mass is 10.2. The van der Waals surface area contributed by atoms with Crippen LogP contribution in [0.2, 0.25) is 0 Å². The molecule has 8 nitrogen and oxygen atoms in total. The van der Waals surface area contributed by atoms with Gasteiger partial charge in [0, 0.05) is 24.9 Å². The van der Waals surface area contributed by atoms with Crippen LogP contribution in [0.5, 0.6) is 0 Å². The van der Waals surface area contributed by atoms with Crippen molar-refractivity contribution >= 4 is 23.5 Å². The molecular weight excluding hydrogens is 404 g/mol. The fourth-order valence-electron chi connectivity index (χ4n) is 3.08. The Balaban J connectivity index is 1.23. The Kier molecular flexibility index (Phi) is 8.73. The van der Waals surface area contributed by atoms with E-state index in [1.165, 1.54) is 21.9 Å². The zero-order chi connectivity index (χ0) is 21.2. The molecule has 162 valence electrons. The molecule has 1 aromatic heterocycles. The number of carbonyl (C=O) groups excluding carboxylic acids is 1. The van der Waals surface area contributed by atoms with E-state index in [0.717, 1.165) is 32.4 Å². The molecule has 2 atom stereocenters. The average molecular weight is 433 g/mol. The highest BCUT2D eigenvalue weighted by Crippen LogP contribution is 2.31. The number of nitrogens with zero attached hydrogens (tertiary/aromatic N) is 2. The van der Waals surface area contributed by atoms with Gasteiger partial charge in [-0.25, -0.2) is 4.79 Å². The van der Waals surface area contributed by atoms with E-state index in [2.05, 4.69) is 22.4 Å². The maximum Gasteiger partial charge on any atom is 0.351 e. The lowest BCUT2D eigenvalue weighted by molar-refractivity contribution is -0.147. The summed E-state index contributed by atoms with van der Waals surface area (Å²) in [5, 5.41) is 3.41. The Labute approximate surface area is 180 Å². The molecule has 0 bridgehead atoms. The lowest BCUT2D eigenvalue weighted by Gasteiger charge is -2.14. The molecule has 0 aliphatic carbocycles. The predicted molar refractivity (Wildman–Crippen MR) is 117 cm³/mol. The standard InChI is InChI=1S/C21H28N4O4S/c22-17-10-12-25(21(27)24-17)18-15-30-20(29-18)14-28-19(26)9-5-2-6-11-23-13-16-7-3-1-4-8-16/h1,3-4,7-8,10,12,18,20,23H,2,5-6,9,11,13-15H2,(H2,22,24,27). The van der Waals surface area contributed by atoms with Crippen molar-refractivity contribution in [1.29, 1.82) is 0 Å². The maximum atomic E-state index is 11.9. The van der Waals surface area contributed by atoms with Gasteiger partial charge < -0.3 is 20.5 Å². The fraction of sp³-hybridized carbons (Fsp3) is 0.476. The van der Waals surface area contributed by atoms with Crippen LogP contribution in [0.25, 0.3) is 0 Å². The van der Waals surface area contributed by atoms with Gasteiger partial charge in [-0.3, -0.25) is 9.36 Å². The van der Waals surface area contributed by atoms with Crippen molar-refractivity contribution in [3.63, 3.8) is 0 Å². The quantitative estimate of drug-likeness (QED) is 0.411. The third-order valence-electron chi connectivity index (χ3n) is 4.68. The zero-order valence-corrected chi connectivity index (χ0v) is 17.7. The normalized spacial score (nSPS) is 18.4. The second-order valence-corrected chi connectivity index (χ2v) is 8.24. The van der Waals surface area contributed by atoms with E-state index < -0.39 is 11.9 Å². The van der Waals surface area contributed by atoms with Crippen LogP contribution in [0.3, 0.4) is 0 Å². The van der Waals surface area contributed by atoms with E-state index >= 15 is 0 Å². The third-order valence-corrected chi connectivity index (χ3v) is 5.78. The Morgan fingerprint density at radius 1 is 1.27 bits per heavy atom. The summed E-state index contributed by atoms with van der Waals surface area (Å²) in [5.41, 5.74) is 6.04. The minimum absolute atomic E-state index is 0.176. The topological polar surface area (TPSA) is 108 Å². The first kappa shape index (κ1) is 22.3. The van der Waals surface area contributed by atoms with Crippen LogP contribution in [0, 0.1) is 0 Å². The number of thioether (sulfide) groups is 1. The molecular formula is C21H28N4O4S. The largest absolute Gasteiger partial charge is 0.462 e. The molecule has 30 heavy (non-hydrogen) atoms. The third kappa shape index (κ3) is 7.16. The van der Waals surface area contributed by atoms with Crippen LogP contribution in [-0.4, -0.2) is 39.9 Å². The minimum Gasteiger partial charge on any atom is -0.462 e. The molecule has 2 unspecified atom stereocenters. The molecule has 9 heteroatoms. The molecule has 3 N–H and O–H groups in total. The van der Waals surface area contributed by atoms with Gasteiger partial charge in [-0.2, -0.15) is 4.98 Å². The lowest BCUT2D eigenvalue weighted by Crippen LogP contribution is -2.29. The van der Waals surface area contributed by atoms with Gasteiger partial charge in [0.2, 0.25) is 0 Å². The number of carbonyl (C=O) groups is 1. The Hall–Kier alpha value is -2.36. The van der Waals surface area contributed by atoms with Gasteiger partial charge in [-0.15, -0.1) is 11.8 Å². The van der Waals surface area contributed by atoms with Gasteiger partial charge in [0.25, 0.3) is 0 Å². The number of nitrogens with two attached hydrogens (primary N) is 1. The zero-order valence-electron chi connectivity index (χ0n) is 16.9. The Bertz CT molecular complexity index is 862. The summed E-state index contributed by atoms with van der Waals surface area (Å²) in [6.07, 6.45) is 4.34. The second-order valence-electron chi connectivity index (χ2n) is 7.05. The van der Waals surface area contributed by atoms with Crippen LogP contribution >= 0.6 is 11.8 Å². The number of nitrogens with one attached hydrogen (secondary N) is 1. The van der Waals surface area contributed by atoms with Gasteiger partial charge in [0.05, 0.1) is 0 Å². The van der Waals surface area contributed by atoms with Crippen molar-refractivity contribution < 1.29 is 14.3 Å². The molecule has 0 radical (unpaired) electrons. The van der Waals surface area contributed by atoms with E-state index in [4.69, 9.17) is 15.2 Å². The molecule has 1 fully saturated rings. The second kappa shape index (κ2) is 11.7. The number of rotatable bonds is 11. The predicted octanol–water partition coefficient (Wildman–Crippen LogP) is 2.31. The SMILES string of the molecule is Nc1ccn(C2CSC(COC(=O)CCCCCNCc3ccccc3)O2)c(=O)n1. The highest BCUT2D eigenvalue weighted by molar-refractivity contribution is 8.00. The molecule has 1 aliphatic rings. The summed E-state index contributed by atoms with van der Waals surface area (Å²) in [7, 11) is 0. The Morgan fingerprint density at radius 3 is 2.90 bits per heavy atom. The summed E-state index contributed by atoms with van der Waals surface area (Å²) in [5.74, 6) is 0.550. The van der Waals surface area contributed by atoms with Crippen molar-refractivity contribution in [1.82, 2.24) is 14.9 Å². The molecule has 2 aromatic rings. The molecule has 2 heterocycles. The highest BCUT2D eigenvalue weighted by atomic mass is 32.2. The van der Waals surface area contributed by atoms with Gasteiger partial charge in [-0.1, -0.05) is 36.8 Å². The summed E-state index contributed by atoms with van der Waals surface area (Å²) in [6, 6.07) is 11.8. The number of hydrogen-bond donors (Lipinski definition) is 2. The van der Waals surface area contributed by atoms with Crippen molar-refractivity contribution in [2.24, 2.45) is 0 Å². The number of nitrogen functional groups attached to an aromatic ring is 1. The van der Waals surface area contributed by atoms with Gasteiger partial charge in [0.15, 0.2) is 0 Å². The molecule has 1 aliphatic heterocycles. The first-order valence-corrected chi connectivity index (χ1v) is 11.2. The monoisotopic (exact) mass is 432 g/mol. The van der Waals surface area contributed by atoms with Crippen LogP contribution in [0.15, 0.2) is 47.4 Å². The number of ether oxygens (including phenoxy) is 2. The van der Waals surface area contributed by atoms with E-state index in [9.17, 15) is 9.59 Å².